The molecule has 0 aromatic heterocycles. The minimum Gasteiger partial charge on any atom is -0.310 e. The molecule has 0 saturated carbocycles. The van der Waals surface area contributed by atoms with Crippen LogP contribution in [0.4, 0.5) is 34.1 Å². The number of hydrogen-bond donors (Lipinski definition) is 0. The normalized spacial score (nSPS) is 13.6. The molecular formula is C112H140N2. The van der Waals surface area contributed by atoms with Crippen molar-refractivity contribution in [2.24, 2.45) is 0 Å². The van der Waals surface area contributed by atoms with Crippen molar-refractivity contribution in [2.45, 2.75) is 314 Å². The van der Waals surface area contributed by atoms with Crippen molar-refractivity contribution in [3.05, 3.63) is 261 Å². The maximum atomic E-state index is 2.66. The first-order valence-electron chi connectivity index (χ1n) is 42.6. The molecule has 0 aliphatic rings. The zero-order valence-corrected chi connectivity index (χ0v) is 77.4. The molecule has 0 spiro atoms. The van der Waals surface area contributed by atoms with Gasteiger partial charge in [0.1, 0.15) is 0 Å². The van der Waals surface area contributed by atoms with Crippen LogP contribution < -0.4 is 9.80 Å². The maximum Gasteiger partial charge on any atom is 0.0540 e. The standard InChI is InChI=1S/C112H140N2/c1-101(2,3)79-47-75(48-80(59-79)102(4,5)6)71-45-72(76-49-81(103(7,8)9)60-82(50-76)104(10,11)12)56-91(55-71)113(93-65-87(109(25,26)27)63-88(66-93)110(28,29)30)97-43-39-69-38-42-96-98(44-40-70-37-41-95(97)99(69)100(70)96)114(94-67-89(111(31,32)33)64-90(68-94)112(34,35)36)92-57-73(77-51-83(105(13,14)15)61-84(52-77)106(16,17)18)46-74(58-92)78-53-85(107(19,20)21)62-86(54-78)108(22,23)24/h37-68H,1-36H3. The molecule has 2 nitrogen and oxygen atoms in total. The van der Waals surface area contributed by atoms with Gasteiger partial charge in [-0.15, -0.1) is 0 Å². The molecule has 0 bridgehead atoms. The summed E-state index contributed by atoms with van der Waals surface area (Å²) in [6.45, 7) is 85.3. The van der Waals surface area contributed by atoms with Crippen LogP contribution in [-0.4, -0.2) is 0 Å². The summed E-state index contributed by atoms with van der Waals surface area (Å²) >= 11 is 0. The van der Waals surface area contributed by atoms with Gasteiger partial charge < -0.3 is 9.80 Å². The highest BCUT2D eigenvalue weighted by atomic mass is 15.2. The van der Waals surface area contributed by atoms with Crippen molar-refractivity contribution in [3.63, 3.8) is 0 Å². The number of rotatable bonds is 10. The highest BCUT2D eigenvalue weighted by Gasteiger charge is 2.33. The van der Waals surface area contributed by atoms with Crippen LogP contribution >= 0.6 is 0 Å². The molecule has 0 saturated heterocycles. The van der Waals surface area contributed by atoms with E-state index < -0.39 is 0 Å². The third-order valence-electron chi connectivity index (χ3n) is 24.3. The molecule has 598 valence electrons. The Labute approximate surface area is 691 Å². The second kappa shape index (κ2) is 28.6. The number of nitrogens with zero attached hydrogens (tertiary/aromatic N) is 2. The van der Waals surface area contributed by atoms with E-state index in [2.05, 4.69) is 453 Å². The number of hydrogen-bond acceptors (Lipinski definition) is 2. The molecule has 0 N–H and O–H groups in total. The van der Waals surface area contributed by atoms with Crippen LogP contribution in [0.15, 0.2) is 194 Å². The van der Waals surface area contributed by atoms with E-state index in [-0.39, 0.29) is 65.0 Å². The molecule has 0 unspecified atom stereocenters. The first kappa shape index (κ1) is 84.7. The van der Waals surface area contributed by atoms with Crippen molar-refractivity contribution in [3.8, 4) is 44.5 Å². The Morgan fingerprint density at radius 2 is 0.298 bits per heavy atom. The molecule has 0 aliphatic carbocycles. The zero-order valence-electron chi connectivity index (χ0n) is 77.4. The highest BCUT2D eigenvalue weighted by Crippen LogP contribution is 2.53. The van der Waals surface area contributed by atoms with Gasteiger partial charge in [-0.25, -0.2) is 0 Å². The molecule has 12 aromatic rings. The molecule has 0 amide bonds. The second-order valence-electron chi connectivity index (χ2n) is 46.5. The van der Waals surface area contributed by atoms with E-state index in [4.69, 9.17) is 0 Å². The second-order valence-corrected chi connectivity index (χ2v) is 46.5. The van der Waals surface area contributed by atoms with Crippen molar-refractivity contribution in [1.82, 2.24) is 0 Å². The molecular weight excluding hydrogens is 1370 g/mol. The van der Waals surface area contributed by atoms with Crippen molar-refractivity contribution in [1.29, 1.82) is 0 Å². The van der Waals surface area contributed by atoms with Gasteiger partial charge in [-0.3, -0.25) is 0 Å². The average molecular weight is 1510 g/mol. The van der Waals surface area contributed by atoms with Gasteiger partial charge in [0.25, 0.3) is 0 Å². The van der Waals surface area contributed by atoms with Crippen molar-refractivity contribution in [2.75, 3.05) is 9.80 Å². The Bertz CT molecular complexity index is 4920. The lowest BCUT2D eigenvalue weighted by Crippen LogP contribution is -2.19. The van der Waals surface area contributed by atoms with Gasteiger partial charge in [-0.05, 0) is 271 Å². The fraction of sp³-hybridized carbons (Fsp3) is 0.429. The van der Waals surface area contributed by atoms with Gasteiger partial charge >= 0.3 is 0 Å². The molecule has 0 radical (unpaired) electrons. The molecule has 0 fully saturated rings. The Kier molecular flexibility index (Phi) is 21.2. The van der Waals surface area contributed by atoms with Crippen LogP contribution in [0.1, 0.15) is 316 Å². The Morgan fingerprint density at radius 3 is 0.474 bits per heavy atom. The molecule has 0 aliphatic heterocycles. The van der Waals surface area contributed by atoms with Gasteiger partial charge in [0.2, 0.25) is 0 Å². The summed E-state index contributed by atoms with van der Waals surface area (Å²) in [5.41, 5.74) is 31.0. The Morgan fingerprint density at radius 1 is 0.149 bits per heavy atom. The maximum absolute atomic E-state index is 2.66. The lowest BCUT2D eigenvalue weighted by Gasteiger charge is -2.33. The fourth-order valence-corrected chi connectivity index (χ4v) is 16.0. The quantitative estimate of drug-likeness (QED) is 0.126. The van der Waals surface area contributed by atoms with Crippen LogP contribution in [0.2, 0.25) is 0 Å². The average Bonchev–Trinajstić information content (AvgIpc) is 0.715. The lowest BCUT2D eigenvalue weighted by atomic mass is 9.78. The van der Waals surface area contributed by atoms with Gasteiger partial charge in [0, 0.05) is 33.5 Å². The molecule has 12 aromatic carbocycles. The monoisotopic (exact) mass is 1510 g/mol. The van der Waals surface area contributed by atoms with Gasteiger partial charge in [-0.2, -0.15) is 0 Å². The predicted octanol–water partition coefficient (Wildman–Crippen LogP) is 33.8. The van der Waals surface area contributed by atoms with E-state index in [0.29, 0.717) is 0 Å². The topological polar surface area (TPSA) is 6.48 Å². The predicted molar refractivity (Wildman–Crippen MR) is 506 cm³/mol. The summed E-state index contributed by atoms with van der Waals surface area (Å²) in [6, 6.07) is 79.4. The zero-order chi connectivity index (χ0) is 84.3. The highest BCUT2D eigenvalue weighted by molar-refractivity contribution is 6.28. The first-order chi connectivity index (χ1) is 52.0. The summed E-state index contributed by atoms with van der Waals surface area (Å²) < 4.78 is 0. The van der Waals surface area contributed by atoms with Crippen LogP contribution in [0, 0.1) is 0 Å². The van der Waals surface area contributed by atoms with E-state index in [1.807, 2.05) is 0 Å². The molecule has 12 rings (SSSR count). The summed E-state index contributed by atoms with van der Waals surface area (Å²) in [4.78, 5) is 5.32. The van der Waals surface area contributed by atoms with E-state index in [0.717, 1.165) is 34.1 Å². The third kappa shape index (κ3) is 17.7. The summed E-state index contributed by atoms with van der Waals surface area (Å²) in [5.74, 6) is 0. The summed E-state index contributed by atoms with van der Waals surface area (Å²) in [7, 11) is 0. The van der Waals surface area contributed by atoms with Crippen molar-refractivity contribution < 1.29 is 0 Å². The van der Waals surface area contributed by atoms with Crippen LogP contribution in [0.5, 0.6) is 0 Å². The fourth-order valence-electron chi connectivity index (χ4n) is 16.0. The minimum absolute atomic E-state index is 0.0937. The Hall–Kier alpha value is -8.72. The first-order valence-corrected chi connectivity index (χ1v) is 42.6. The van der Waals surface area contributed by atoms with E-state index in [1.165, 1.54) is 144 Å². The minimum atomic E-state index is -0.162. The molecule has 2 heteroatoms. The van der Waals surface area contributed by atoms with Crippen LogP contribution in [0.3, 0.4) is 0 Å². The smallest absolute Gasteiger partial charge is 0.0540 e. The van der Waals surface area contributed by atoms with Crippen LogP contribution in [0.25, 0.3) is 76.8 Å². The van der Waals surface area contributed by atoms with Crippen molar-refractivity contribution >= 4 is 66.4 Å². The van der Waals surface area contributed by atoms with Gasteiger partial charge in [0.15, 0.2) is 0 Å². The SMILES string of the molecule is CC(C)(C)c1cc(-c2cc(-c3cc(C(C)(C)C)cc(C(C)(C)C)c3)cc(N(c3cc(C(C)(C)C)cc(C(C)(C)C)c3)c3ccc4ccc5c(N(c6cc(-c7cc(C(C)(C)C)cc(C(C)(C)C)c7)cc(-c7cc(C(C)(C)C)cc(C(C)(C)C)c7)c6)c6cc(C(C)(C)C)cc(C(C)(C)C)c6)ccc6ccc3c4c65)c2)cc(C(C)(C)C)c1. The van der Waals surface area contributed by atoms with Gasteiger partial charge in [0.05, 0.1) is 11.4 Å². The third-order valence-corrected chi connectivity index (χ3v) is 24.3. The summed E-state index contributed by atoms with van der Waals surface area (Å²) in [6.07, 6.45) is 0. The van der Waals surface area contributed by atoms with Crippen LogP contribution in [-0.2, 0) is 65.0 Å². The van der Waals surface area contributed by atoms with E-state index in [9.17, 15) is 0 Å². The molecule has 114 heavy (non-hydrogen) atoms. The molecule has 0 heterocycles. The lowest BCUT2D eigenvalue weighted by molar-refractivity contribution is 0.568. The van der Waals surface area contributed by atoms with E-state index in [1.54, 1.807) is 0 Å². The largest absolute Gasteiger partial charge is 0.310 e. The van der Waals surface area contributed by atoms with Gasteiger partial charge in [-0.1, -0.05) is 371 Å². The number of benzene rings is 12. The number of anilines is 6. The van der Waals surface area contributed by atoms with E-state index >= 15 is 0 Å². The molecule has 0 atom stereocenters. The summed E-state index contributed by atoms with van der Waals surface area (Å²) in [5, 5.41) is 7.33. The Balaban J connectivity index is 1.24.